The molecule has 4 heteroatoms. The van der Waals surface area contributed by atoms with E-state index in [1.807, 2.05) is 73.7 Å². The van der Waals surface area contributed by atoms with Gasteiger partial charge in [0.1, 0.15) is 6.04 Å². The van der Waals surface area contributed by atoms with Crippen LogP contribution in [0.15, 0.2) is 78.9 Å². The first-order chi connectivity index (χ1) is 14.1. The second-order valence-electron chi connectivity index (χ2n) is 7.36. The smallest absolute Gasteiger partial charge is 0.254 e. The molecule has 4 nitrogen and oxygen atoms in total. The highest BCUT2D eigenvalue weighted by atomic mass is 16.2. The zero-order chi connectivity index (χ0) is 20.2. The van der Waals surface area contributed by atoms with Crippen LogP contribution in [-0.2, 0) is 17.8 Å². The zero-order valence-corrected chi connectivity index (χ0v) is 16.5. The van der Waals surface area contributed by atoms with E-state index in [0.717, 1.165) is 28.7 Å². The van der Waals surface area contributed by atoms with E-state index in [2.05, 4.69) is 5.32 Å². The molecule has 4 rings (SSSR count). The molecule has 0 saturated heterocycles. The summed E-state index contributed by atoms with van der Waals surface area (Å²) in [5.41, 5.74) is 4.84. The molecule has 1 aliphatic heterocycles. The molecule has 3 aromatic carbocycles. The fourth-order valence-electron chi connectivity index (χ4n) is 3.90. The van der Waals surface area contributed by atoms with E-state index in [0.29, 0.717) is 18.7 Å². The van der Waals surface area contributed by atoms with Gasteiger partial charge in [0.2, 0.25) is 5.91 Å². The molecular formula is C25H24N2O2. The average molecular weight is 384 g/mol. The molecule has 0 bridgehead atoms. The summed E-state index contributed by atoms with van der Waals surface area (Å²) in [5.74, 6) is -0.263. The Balaban J connectivity index is 1.63. The van der Waals surface area contributed by atoms with Crippen molar-refractivity contribution in [3.05, 3.63) is 107 Å². The lowest BCUT2D eigenvalue weighted by Gasteiger charge is -2.36. The number of aryl methyl sites for hydroxylation is 1. The quantitative estimate of drug-likeness (QED) is 0.738. The molecule has 0 spiro atoms. The van der Waals surface area contributed by atoms with Gasteiger partial charge in [0, 0.05) is 18.7 Å². The molecule has 29 heavy (non-hydrogen) atoms. The fourth-order valence-corrected chi connectivity index (χ4v) is 3.90. The number of carbonyl (C=O) groups excluding carboxylic acids is 2. The Hall–Kier alpha value is -3.40. The Morgan fingerprint density at radius 3 is 2.41 bits per heavy atom. The maximum atomic E-state index is 13.3. The van der Waals surface area contributed by atoms with Crippen molar-refractivity contribution in [2.24, 2.45) is 0 Å². The standard InChI is InChI=1S/C25H24N2O2/c1-18-9-5-6-13-21(18)17-26-24(28)23-22-14-8-7-10-19(22)15-16-27(23)25(29)20-11-3-2-4-12-20/h2-14,23H,15-17H2,1H3,(H,26,28)/t23-/m0/s1. The summed E-state index contributed by atoms with van der Waals surface area (Å²) in [6.07, 6.45) is 0.746. The van der Waals surface area contributed by atoms with Gasteiger partial charge in [-0.25, -0.2) is 0 Å². The highest BCUT2D eigenvalue weighted by Crippen LogP contribution is 2.31. The average Bonchev–Trinajstić information content (AvgIpc) is 2.77. The van der Waals surface area contributed by atoms with E-state index < -0.39 is 6.04 Å². The molecule has 0 unspecified atom stereocenters. The molecule has 1 atom stereocenters. The third kappa shape index (κ3) is 3.92. The van der Waals surface area contributed by atoms with Crippen LogP contribution in [0.1, 0.15) is 38.7 Å². The number of rotatable bonds is 4. The fraction of sp³-hybridized carbons (Fsp3) is 0.200. The number of hydrogen-bond acceptors (Lipinski definition) is 2. The molecule has 146 valence electrons. The van der Waals surface area contributed by atoms with Gasteiger partial charge in [0.25, 0.3) is 5.91 Å². The summed E-state index contributed by atoms with van der Waals surface area (Å²) < 4.78 is 0. The SMILES string of the molecule is Cc1ccccc1CNC(=O)[C@@H]1c2ccccc2CCN1C(=O)c1ccccc1. The van der Waals surface area contributed by atoms with Gasteiger partial charge >= 0.3 is 0 Å². The first-order valence-electron chi connectivity index (χ1n) is 9.91. The van der Waals surface area contributed by atoms with Gasteiger partial charge < -0.3 is 10.2 Å². The molecule has 0 saturated carbocycles. The van der Waals surface area contributed by atoms with Crippen LogP contribution >= 0.6 is 0 Å². The van der Waals surface area contributed by atoms with Crippen molar-refractivity contribution in [1.29, 1.82) is 0 Å². The van der Waals surface area contributed by atoms with Crippen molar-refractivity contribution < 1.29 is 9.59 Å². The van der Waals surface area contributed by atoms with Gasteiger partial charge in [-0.15, -0.1) is 0 Å². The molecule has 1 heterocycles. The van der Waals surface area contributed by atoms with Gasteiger partial charge in [-0.1, -0.05) is 66.7 Å². The number of benzene rings is 3. The first-order valence-corrected chi connectivity index (χ1v) is 9.91. The summed E-state index contributed by atoms with van der Waals surface area (Å²) >= 11 is 0. The van der Waals surface area contributed by atoms with Crippen LogP contribution in [0.2, 0.25) is 0 Å². The van der Waals surface area contributed by atoms with E-state index in [-0.39, 0.29) is 11.8 Å². The molecule has 0 fully saturated rings. The van der Waals surface area contributed by atoms with E-state index in [4.69, 9.17) is 0 Å². The van der Waals surface area contributed by atoms with E-state index >= 15 is 0 Å². The van der Waals surface area contributed by atoms with Crippen molar-refractivity contribution in [3.8, 4) is 0 Å². The maximum Gasteiger partial charge on any atom is 0.254 e. The number of hydrogen-bond donors (Lipinski definition) is 1. The van der Waals surface area contributed by atoms with Crippen LogP contribution < -0.4 is 5.32 Å². The lowest BCUT2D eigenvalue weighted by molar-refractivity contribution is -0.126. The Bertz CT molecular complexity index is 1030. The Labute approximate surface area is 171 Å². The molecular weight excluding hydrogens is 360 g/mol. The molecule has 1 aliphatic rings. The van der Waals surface area contributed by atoms with Crippen LogP contribution in [0.5, 0.6) is 0 Å². The van der Waals surface area contributed by atoms with Crippen LogP contribution in [-0.4, -0.2) is 23.3 Å². The summed E-state index contributed by atoms with van der Waals surface area (Å²) in [7, 11) is 0. The van der Waals surface area contributed by atoms with Crippen molar-refractivity contribution in [3.63, 3.8) is 0 Å². The largest absolute Gasteiger partial charge is 0.350 e. The molecule has 0 aromatic heterocycles. The van der Waals surface area contributed by atoms with E-state index in [9.17, 15) is 9.59 Å². The number of fused-ring (bicyclic) bond motifs is 1. The predicted molar refractivity (Wildman–Crippen MR) is 113 cm³/mol. The van der Waals surface area contributed by atoms with Crippen molar-refractivity contribution >= 4 is 11.8 Å². The summed E-state index contributed by atoms with van der Waals surface area (Å²) in [4.78, 5) is 28.2. The van der Waals surface area contributed by atoms with Crippen molar-refractivity contribution in [2.75, 3.05) is 6.54 Å². The zero-order valence-electron chi connectivity index (χ0n) is 16.5. The van der Waals surface area contributed by atoms with Crippen molar-refractivity contribution in [1.82, 2.24) is 10.2 Å². The van der Waals surface area contributed by atoms with E-state index in [1.165, 1.54) is 0 Å². The van der Waals surface area contributed by atoms with Gasteiger partial charge in [-0.2, -0.15) is 0 Å². The van der Waals surface area contributed by atoms with Crippen molar-refractivity contribution in [2.45, 2.75) is 25.9 Å². The lowest BCUT2D eigenvalue weighted by Crippen LogP contribution is -2.47. The minimum absolute atomic E-state index is 0.115. The van der Waals surface area contributed by atoms with Crippen LogP contribution in [0, 0.1) is 6.92 Å². The Morgan fingerprint density at radius 2 is 1.62 bits per heavy atom. The topological polar surface area (TPSA) is 49.4 Å². The van der Waals surface area contributed by atoms with Crippen LogP contribution in [0.4, 0.5) is 0 Å². The number of carbonyl (C=O) groups is 2. The third-order valence-corrected chi connectivity index (χ3v) is 5.53. The lowest BCUT2D eigenvalue weighted by atomic mass is 9.91. The van der Waals surface area contributed by atoms with Gasteiger partial charge in [-0.3, -0.25) is 9.59 Å². The second-order valence-corrected chi connectivity index (χ2v) is 7.36. The normalized spacial score (nSPS) is 15.5. The number of nitrogens with one attached hydrogen (secondary N) is 1. The highest BCUT2D eigenvalue weighted by molar-refractivity contribution is 5.98. The second kappa shape index (κ2) is 8.31. The Kier molecular flexibility index (Phi) is 5.43. The maximum absolute atomic E-state index is 13.3. The van der Waals surface area contributed by atoms with Gasteiger partial charge in [0.05, 0.1) is 0 Å². The first kappa shape index (κ1) is 18.9. The van der Waals surface area contributed by atoms with Crippen LogP contribution in [0.25, 0.3) is 0 Å². The summed E-state index contributed by atoms with van der Waals surface area (Å²) in [6.45, 7) is 2.99. The minimum atomic E-state index is -0.628. The summed E-state index contributed by atoms with van der Waals surface area (Å²) in [6, 6.07) is 24.4. The van der Waals surface area contributed by atoms with Crippen LogP contribution in [0.3, 0.4) is 0 Å². The highest BCUT2D eigenvalue weighted by Gasteiger charge is 2.36. The minimum Gasteiger partial charge on any atom is -0.350 e. The summed E-state index contributed by atoms with van der Waals surface area (Å²) in [5, 5.41) is 3.05. The predicted octanol–water partition coefficient (Wildman–Crippen LogP) is 4.05. The Morgan fingerprint density at radius 1 is 0.931 bits per heavy atom. The number of nitrogens with zero attached hydrogens (tertiary/aromatic N) is 1. The molecule has 1 N–H and O–H groups in total. The van der Waals surface area contributed by atoms with Gasteiger partial charge in [0.15, 0.2) is 0 Å². The van der Waals surface area contributed by atoms with E-state index in [1.54, 1.807) is 17.0 Å². The third-order valence-electron chi connectivity index (χ3n) is 5.53. The molecule has 0 aliphatic carbocycles. The molecule has 0 radical (unpaired) electrons. The molecule has 3 aromatic rings. The number of amides is 2. The van der Waals surface area contributed by atoms with Gasteiger partial charge in [-0.05, 0) is 47.7 Å². The monoisotopic (exact) mass is 384 g/mol. The molecule has 2 amide bonds.